The third-order valence-electron chi connectivity index (χ3n) is 3.92. The molecule has 0 spiro atoms. The van der Waals surface area contributed by atoms with E-state index < -0.39 is 0 Å². The second-order valence-electron chi connectivity index (χ2n) is 5.46. The molecule has 108 valence electrons. The Morgan fingerprint density at radius 3 is 2.81 bits per heavy atom. The molecule has 4 heteroatoms. The number of nitrogens with zero attached hydrogens (tertiary/aromatic N) is 2. The maximum Gasteiger partial charge on any atom is 0.0958 e. The van der Waals surface area contributed by atoms with Crippen LogP contribution in [0.1, 0.15) is 22.7 Å². The van der Waals surface area contributed by atoms with Gasteiger partial charge in [0.05, 0.1) is 23.4 Å². The van der Waals surface area contributed by atoms with Gasteiger partial charge < -0.3 is 4.57 Å². The summed E-state index contributed by atoms with van der Waals surface area (Å²) in [6.45, 7) is 4.97. The number of nitrogens with two attached hydrogens (primary N) is 1. The smallest absolute Gasteiger partial charge is 0.0958 e. The minimum atomic E-state index is 0.0579. The van der Waals surface area contributed by atoms with Crippen LogP contribution in [0.2, 0.25) is 0 Å². The lowest BCUT2D eigenvalue weighted by Gasteiger charge is -2.20. The Hall–Kier alpha value is -2.17. The highest BCUT2D eigenvalue weighted by atomic mass is 15.2. The van der Waals surface area contributed by atoms with Gasteiger partial charge in [0, 0.05) is 6.54 Å². The average Bonchev–Trinajstić information content (AvgIpc) is 2.91. The van der Waals surface area contributed by atoms with E-state index in [9.17, 15) is 0 Å². The highest BCUT2D eigenvalue weighted by Gasteiger charge is 2.14. The van der Waals surface area contributed by atoms with Gasteiger partial charge in [-0.25, -0.2) is 4.98 Å². The lowest BCUT2D eigenvalue weighted by Crippen LogP contribution is -2.31. The highest BCUT2D eigenvalue weighted by molar-refractivity contribution is 5.74. The van der Waals surface area contributed by atoms with Crippen LogP contribution >= 0.6 is 0 Å². The quantitative estimate of drug-likeness (QED) is 0.571. The number of nitrogens with one attached hydrogen (secondary N) is 1. The molecule has 4 nitrogen and oxygen atoms in total. The van der Waals surface area contributed by atoms with Crippen molar-refractivity contribution in [2.45, 2.75) is 26.4 Å². The molecule has 0 bridgehead atoms. The zero-order valence-electron chi connectivity index (χ0n) is 12.4. The van der Waals surface area contributed by atoms with Gasteiger partial charge in [0.2, 0.25) is 0 Å². The first-order valence-corrected chi connectivity index (χ1v) is 7.12. The summed E-state index contributed by atoms with van der Waals surface area (Å²) in [5, 5.41) is 0. The van der Waals surface area contributed by atoms with Crippen molar-refractivity contribution >= 4 is 11.0 Å². The molecule has 21 heavy (non-hydrogen) atoms. The zero-order valence-corrected chi connectivity index (χ0v) is 12.4. The number of hydrogen-bond acceptors (Lipinski definition) is 3. The third kappa shape index (κ3) is 2.68. The standard InChI is InChI=1S/C17H20N4/c1-12-7-8-13(2)14(9-12)16(20-18)10-21-11-19-15-5-3-4-6-17(15)21/h3-9,11,16,20H,10,18H2,1-2H3. The van der Waals surface area contributed by atoms with Crippen LogP contribution in [0.5, 0.6) is 0 Å². The van der Waals surface area contributed by atoms with Gasteiger partial charge in [0.25, 0.3) is 0 Å². The topological polar surface area (TPSA) is 55.9 Å². The monoisotopic (exact) mass is 280 g/mol. The van der Waals surface area contributed by atoms with E-state index in [0.717, 1.165) is 17.6 Å². The molecule has 0 aliphatic heterocycles. The predicted octanol–water partition coefficient (Wildman–Crippen LogP) is 2.86. The maximum atomic E-state index is 5.80. The number of aryl methyl sites for hydroxylation is 2. The minimum Gasteiger partial charge on any atom is -0.329 e. The molecule has 1 aromatic heterocycles. The van der Waals surface area contributed by atoms with Crippen LogP contribution in [0.3, 0.4) is 0 Å². The Labute approximate surface area is 124 Å². The Bertz CT molecular complexity index is 760. The first-order valence-electron chi connectivity index (χ1n) is 7.12. The Balaban J connectivity index is 1.96. The molecule has 0 amide bonds. The number of fused-ring (bicyclic) bond motifs is 1. The Kier molecular flexibility index (Phi) is 3.73. The van der Waals surface area contributed by atoms with Crippen molar-refractivity contribution < 1.29 is 0 Å². The molecule has 0 fully saturated rings. The summed E-state index contributed by atoms with van der Waals surface area (Å²) in [6.07, 6.45) is 1.88. The molecule has 3 N–H and O–H groups in total. The number of para-hydroxylation sites is 2. The van der Waals surface area contributed by atoms with Gasteiger partial charge in [-0.3, -0.25) is 11.3 Å². The fourth-order valence-electron chi connectivity index (χ4n) is 2.73. The zero-order chi connectivity index (χ0) is 14.8. The summed E-state index contributed by atoms with van der Waals surface area (Å²) in [5.74, 6) is 5.80. The average molecular weight is 280 g/mol. The van der Waals surface area contributed by atoms with Gasteiger partial charge in [0.1, 0.15) is 0 Å². The van der Waals surface area contributed by atoms with Crippen LogP contribution in [-0.4, -0.2) is 9.55 Å². The number of rotatable bonds is 4. The van der Waals surface area contributed by atoms with Crippen molar-refractivity contribution in [1.82, 2.24) is 15.0 Å². The molecule has 1 atom stereocenters. The van der Waals surface area contributed by atoms with Gasteiger partial charge in [-0.1, -0.05) is 35.9 Å². The lowest BCUT2D eigenvalue weighted by atomic mass is 9.99. The molecule has 0 radical (unpaired) electrons. The van der Waals surface area contributed by atoms with E-state index in [1.165, 1.54) is 16.7 Å². The van der Waals surface area contributed by atoms with Gasteiger partial charge in [-0.2, -0.15) is 0 Å². The van der Waals surface area contributed by atoms with Crippen molar-refractivity contribution in [2.75, 3.05) is 0 Å². The molecule has 0 saturated carbocycles. The normalized spacial score (nSPS) is 12.7. The molecule has 0 aliphatic rings. The van der Waals surface area contributed by atoms with Crippen LogP contribution in [0.4, 0.5) is 0 Å². The van der Waals surface area contributed by atoms with Crippen molar-refractivity contribution in [2.24, 2.45) is 5.84 Å². The van der Waals surface area contributed by atoms with Crippen molar-refractivity contribution in [3.05, 3.63) is 65.5 Å². The van der Waals surface area contributed by atoms with Gasteiger partial charge >= 0.3 is 0 Å². The van der Waals surface area contributed by atoms with E-state index in [1.807, 2.05) is 24.5 Å². The lowest BCUT2D eigenvalue weighted by molar-refractivity contribution is 0.479. The SMILES string of the molecule is Cc1ccc(C)c(C(Cn2cnc3ccccc32)NN)c1. The van der Waals surface area contributed by atoms with E-state index >= 15 is 0 Å². The van der Waals surface area contributed by atoms with Gasteiger partial charge in [-0.15, -0.1) is 0 Å². The Morgan fingerprint density at radius 2 is 2.00 bits per heavy atom. The van der Waals surface area contributed by atoms with E-state index in [4.69, 9.17) is 5.84 Å². The molecular formula is C17H20N4. The van der Waals surface area contributed by atoms with Crippen molar-refractivity contribution in [3.8, 4) is 0 Å². The highest BCUT2D eigenvalue weighted by Crippen LogP contribution is 2.22. The first-order chi connectivity index (χ1) is 10.2. The number of benzene rings is 2. The molecule has 0 aliphatic carbocycles. The van der Waals surface area contributed by atoms with E-state index in [2.05, 4.69) is 53.1 Å². The van der Waals surface area contributed by atoms with Gasteiger partial charge in [-0.05, 0) is 37.1 Å². The van der Waals surface area contributed by atoms with Crippen LogP contribution in [0, 0.1) is 13.8 Å². The number of hydrogen-bond donors (Lipinski definition) is 2. The largest absolute Gasteiger partial charge is 0.329 e. The summed E-state index contributed by atoms with van der Waals surface area (Å²) in [7, 11) is 0. The fourth-order valence-corrected chi connectivity index (χ4v) is 2.73. The fraction of sp³-hybridized carbons (Fsp3) is 0.235. The summed E-state index contributed by atoms with van der Waals surface area (Å²) in [4.78, 5) is 4.43. The van der Waals surface area contributed by atoms with Gasteiger partial charge in [0.15, 0.2) is 0 Å². The number of hydrazine groups is 1. The summed E-state index contributed by atoms with van der Waals surface area (Å²) >= 11 is 0. The van der Waals surface area contributed by atoms with Crippen LogP contribution in [-0.2, 0) is 6.54 Å². The molecule has 0 saturated heterocycles. The summed E-state index contributed by atoms with van der Waals surface area (Å²) in [6, 6.07) is 14.7. The van der Waals surface area contributed by atoms with Crippen LogP contribution in [0.15, 0.2) is 48.8 Å². The molecule has 3 rings (SSSR count). The third-order valence-corrected chi connectivity index (χ3v) is 3.92. The molecule has 1 unspecified atom stereocenters. The van der Waals surface area contributed by atoms with Crippen LogP contribution in [0.25, 0.3) is 11.0 Å². The summed E-state index contributed by atoms with van der Waals surface area (Å²) in [5.41, 5.74) is 8.79. The maximum absolute atomic E-state index is 5.80. The number of imidazole rings is 1. The second kappa shape index (κ2) is 5.68. The number of aromatic nitrogens is 2. The summed E-state index contributed by atoms with van der Waals surface area (Å²) < 4.78 is 2.14. The van der Waals surface area contributed by atoms with Crippen molar-refractivity contribution in [3.63, 3.8) is 0 Å². The second-order valence-corrected chi connectivity index (χ2v) is 5.46. The minimum absolute atomic E-state index is 0.0579. The molecule has 1 heterocycles. The first kappa shape index (κ1) is 13.8. The predicted molar refractivity (Wildman–Crippen MR) is 85.7 cm³/mol. The van der Waals surface area contributed by atoms with E-state index in [1.54, 1.807) is 0 Å². The molecule has 2 aromatic carbocycles. The molecular weight excluding hydrogens is 260 g/mol. The Morgan fingerprint density at radius 1 is 1.19 bits per heavy atom. The van der Waals surface area contributed by atoms with E-state index in [-0.39, 0.29) is 6.04 Å². The molecule has 3 aromatic rings. The van der Waals surface area contributed by atoms with Crippen LogP contribution < -0.4 is 11.3 Å². The van der Waals surface area contributed by atoms with E-state index in [0.29, 0.717) is 0 Å². The van der Waals surface area contributed by atoms with Crippen molar-refractivity contribution in [1.29, 1.82) is 0 Å².